The first-order chi connectivity index (χ1) is 14.2. The van der Waals surface area contributed by atoms with Crippen LogP contribution in [0.2, 0.25) is 0 Å². The van der Waals surface area contributed by atoms with Crippen LogP contribution >= 0.6 is 0 Å². The fourth-order valence-corrected chi connectivity index (χ4v) is 4.15. The number of aromatic carboxylic acids is 1. The van der Waals surface area contributed by atoms with E-state index in [4.69, 9.17) is 0 Å². The summed E-state index contributed by atoms with van der Waals surface area (Å²) in [6, 6.07) is -0.595. The first kappa shape index (κ1) is 19.8. The van der Waals surface area contributed by atoms with Crippen molar-refractivity contribution in [3.8, 4) is 0 Å². The maximum absolute atomic E-state index is 15.2. The second-order valence-corrected chi connectivity index (χ2v) is 7.57. The zero-order valence-electron chi connectivity index (χ0n) is 15.7. The lowest BCUT2D eigenvalue weighted by molar-refractivity contribution is -0.382. The molecule has 1 saturated heterocycles. The van der Waals surface area contributed by atoms with Crippen molar-refractivity contribution in [1.82, 2.24) is 4.57 Å². The van der Waals surface area contributed by atoms with Crippen LogP contribution < -0.4 is 10.3 Å². The van der Waals surface area contributed by atoms with Crippen molar-refractivity contribution in [1.29, 1.82) is 0 Å². The van der Waals surface area contributed by atoms with Gasteiger partial charge in [0.05, 0.1) is 10.3 Å². The first-order valence-corrected chi connectivity index (χ1v) is 9.50. The number of hydrogen-bond acceptors (Lipinski definition) is 6. The van der Waals surface area contributed by atoms with Gasteiger partial charge in [0.15, 0.2) is 11.5 Å². The van der Waals surface area contributed by atoms with Gasteiger partial charge in [-0.1, -0.05) is 0 Å². The molecule has 1 saturated carbocycles. The number of halogens is 1. The van der Waals surface area contributed by atoms with E-state index in [0.29, 0.717) is 25.7 Å². The van der Waals surface area contributed by atoms with E-state index in [1.165, 1.54) is 9.47 Å². The van der Waals surface area contributed by atoms with Crippen LogP contribution in [0.1, 0.15) is 48.5 Å². The Kier molecular flexibility index (Phi) is 4.67. The number of fused-ring (bicyclic) bond motifs is 1. The van der Waals surface area contributed by atoms with Crippen LogP contribution in [0.4, 0.5) is 15.8 Å². The van der Waals surface area contributed by atoms with E-state index in [9.17, 15) is 34.7 Å². The topological polar surface area (TPSA) is 143 Å². The number of pyridine rings is 1. The molecule has 1 aromatic heterocycles. The van der Waals surface area contributed by atoms with Crippen LogP contribution in [0.15, 0.2) is 17.1 Å². The summed E-state index contributed by atoms with van der Waals surface area (Å²) in [5.41, 5.74) is -2.98. The molecule has 2 aromatic rings. The SMILES string of the molecule is O=C(O)c1cn(C2CC2)c2c([N+](=O)[O-])c(N3CCCC[C@H]3C(=O)O)c(F)cc2c1=O. The number of aromatic nitrogens is 1. The molecule has 158 valence electrons. The van der Waals surface area contributed by atoms with Gasteiger partial charge in [0.1, 0.15) is 17.1 Å². The van der Waals surface area contributed by atoms with E-state index in [0.717, 1.165) is 12.3 Å². The highest BCUT2D eigenvalue weighted by molar-refractivity contribution is 5.99. The Labute approximate surface area is 168 Å². The number of rotatable bonds is 5. The van der Waals surface area contributed by atoms with E-state index in [2.05, 4.69) is 0 Å². The zero-order valence-corrected chi connectivity index (χ0v) is 15.7. The van der Waals surface area contributed by atoms with Gasteiger partial charge in [-0.3, -0.25) is 14.9 Å². The zero-order chi connectivity index (χ0) is 21.7. The number of nitro groups is 1. The van der Waals surface area contributed by atoms with E-state index in [1.54, 1.807) is 0 Å². The molecule has 0 radical (unpaired) electrons. The number of anilines is 1. The Balaban J connectivity index is 2.10. The number of nitro benzene ring substituents is 1. The quantitative estimate of drug-likeness (QED) is 0.556. The van der Waals surface area contributed by atoms with E-state index in [-0.39, 0.29) is 24.5 Å². The molecule has 0 spiro atoms. The number of carboxylic acid groups (broad SMARTS) is 2. The molecule has 1 aromatic carbocycles. The highest BCUT2D eigenvalue weighted by atomic mass is 19.1. The van der Waals surface area contributed by atoms with Crippen molar-refractivity contribution in [2.75, 3.05) is 11.4 Å². The molecule has 1 aliphatic carbocycles. The van der Waals surface area contributed by atoms with E-state index < -0.39 is 56.5 Å². The Hall–Kier alpha value is -3.50. The van der Waals surface area contributed by atoms with Crippen LogP contribution in [0, 0.1) is 15.9 Å². The van der Waals surface area contributed by atoms with Crippen molar-refractivity contribution in [3.63, 3.8) is 0 Å². The summed E-state index contributed by atoms with van der Waals surface area (Å²) in [6.45, 7) is 0.112. The lowest BCUT2D eigenvalue weighted by Crippen LogP contribution is -2.45. The Bertz CT molecular complexity index is 1160. The van der Waals surface area contributed by atoms with Crippen molar-refractivity contribution < 1.29 is 29.1 Å². The van der Waals surface area contributed by atoms with Gasteiger partial charge in [0.2, 0.25) is 5.43 Å². The third-order valence-corrected chi connectivity index (χ3v) is 5.64. The third-order valence-electron chi connectivity index (χ3n) is 5.64. The van der Waals surface area contributed by atoms with Crippen LogP contribution in [-0.2, 0) is 4.79 Å². The van der Waals surface area contributed by atoms with E-state index >= 15 is 4.39 Å². The number of carbonyl (C=O) groups is 2. The largest absolute Gasteiger partial charge is 0.480 e. The monoisotopic (exact) mass is 419 g/mol. The Morgan fingerprint density at radius 2 is 1.90 bits per heavy atom. The summed E-state index contributed by atoms with van der Waals surface area (Å²) in [4.78, 5) is 48.3. The Morgan fingerprint density at radius 1 is 1.20 bits per heavy atom. The number of nitrogens with zero attached hydrogens (tertiary/aromatic N) is 3. The fraction of sp³-hybridized carbons (Fsp3) is 0.421. The highest BCUT2D eigenvalue weighted by Crippen LogP contribution is 2.44. The van der Waals surface area contributed by atoms with Crippen molar-refractivity contribution >= 4 is 34.2 Å². The molecule has 1 aliphatic heterocycles. The Morgan fingerprint density at radius 3 is 2.47 bits per heavy atom. The molecule has 0 amide bonds. The summed E-state index contributed by atoms with van der Waals surface area (Å²) in [5.74, 6) is -3.85. The second kappa shape index (κ2) is 7.08. The highest BCUT2D eigenvalue weighted by Gasteiger charge is 2.39. The number of carboxylic acids is 2. The molecule has 11 heteroatoms. The van der Waals surface area contributed by atoms with Crippen LogP contribution in [0.3, 0.4) is 0 Å². The van der Waals surface area contributed by atoms with Gasteiger partial charge in [-0.25, -0.2) is 14.0 Å². The number of aliphatic carboxylic acids is 1. The summed E-state index contributed by atoms with van der Waals surface area (Å²) >= 11 is 0. The summed E-state index contributed by atoms with van der Waals surface area (Å²) < 4.78 is 16.5. The minimum absolute atomic E-state index is 0.112. The van der Waals surface area contributed by atoms with Crippen LogP contribution in [0.25, 0.3) is 10.9 Å². The summed E-state index contributed by atoms with van der Waals surface area (Å²) in [7, 11) is 0. The van der Waals surface area contributed by atoms with Gasteiger partial charge in [-0.2, -0.15) is 0 Å². The molecule has 2 aliphatic rings. The first-order valence-electron chi connectivity index (χ1n) is 9.50. The number of piperidine rings is 1. The average molecular weight is 419 g/mol. The maximum Gasteiger partial charge on any atom is 0.341 e. The lowest BCUT2D eigenvalue weighted by Gasteiger charge is -2.34. The minimum Gasteiger partial charge on any atom is -0.480 e. The lowest BCUT2D eigenvalue weighted by atomic mass is 9.99. The van der Waals surface area contributed by atoms with Gasteiger partial charge in [0.25, 0.3) is 0 Å². The molecular weight excluding hydrogens is 401 g/mol. The molecular formula is C19H18FN3O7. The van der Waals surface area contributed by atoms with Crippen molar-refractivity contribution in [3.05, 3.63) is 44.0 Å². The number of hydrogen-bond donors (Lipinski definition) is 2. The minimum atomic E-state index is -1.51. The van der Waals surface area contributed by atoms with E-state index in [1.807, 2.05) is 0 Å². The van der Waals surface area contributed by atoms with Gasteiger partial charge in [-0.15, -0.1) is 0 Å². The molecule has 2 heterocycles. The summed E-state index contributed by atoms with van der Waals surface area (Å²) in [5, 5.41) is 30.5. The summed E-state index contributed by atoms with van der Waals surface area (Å²) in [6.07, 6.45) is 3.64. The molecule has 30 heavy (non-hydrogen) atoms. The van der Waals surface area contributed by atoms with Crippen molar-refractivity contribution in [2.24, 2.45) is 0 Å². The predicted octanol–water partition coefficient (Wildman–Crippen LogP) is 2.53. The molecule has 2 fully saturated rings. The van der Waals surface area contributed by atoms with Gasteiger partial charge >= 0.3 is 17.6 Å². The van der Waals surface area contributed by atoms with Gasteiger partial charge in [0, 0.05) is 18.8 Å². The molecule has 10 nitrogen and oxygen atoms in total. The standard InChI is InChI=1S/C19H18FN3O7/c20-12-7-10-14(22(9-4-5-9)8-11(17(10)24)18(25)26)16(23(29)30)15(12)21-6-2-1-3-13(21)19(27)28/h7-9,13H,1-6H2,(H,25,26)(H,27,28)/t13-/m0/s1. The normalized spacial score (nSPS) is 19.1. The molecule has 0 unspecified atom stereocenters. The number of benzene rings is 1. The predicted molar refractivity (Wildman–Crippen MR) is 103 cm³/mol. The fourth-order valence-electron chi connectivity index (χ4n) is 4.15. The molecule has 0 bridgehead atoms. The maximum atomic E-state index is 15.2. The van der Waals surface area contributed by atoms with Crippen LogP contribution in [0.5, 0.6) is 0 Å². The van der Waals surface area contributed by atoms with Gasteiger partial charge in [-0.05, 0) is 38.2 Å². The van der Waals surface area contributed by atoms with Crippen molar-refractivity contribution in [2.45, 2.75) is 44.2 Å². The molecule has 4 rings (SSSR count). The molecule has 2 N–H and O–H groups in total. The van der Waals surface area contributed by atoms with Gasteiger partial charge < -0.3 is 19.7 Å². The average Bonchev–Trinajstić information content (AvgIpc) is 3.52. The third kappa shape index (κ3) is 3.06. The second-order valence-electron chi connectivity index (χ2n) is 7.57. The van der Waals surface area contributed by atoms with Crippen LogP contribution in [-0.4, -0.2) is 44.2 Å². The molecule has 1 atom stereocenters. The smallest absolute Gasteiger partial charge is 0.341 e.